The van der Waals surface area contributed by atoms with Gasteiger partial charge in [-0.05, 0) is 44.0 Å². The lowest BCUT2D eigenvalue weighted by atomic mass is 10.2. The van der Waals surface area contributed by atoms with Crippen molar-refractivity contribution in [2.75, 3.05) is 18.6 Å². The van der Waals surface area contributed by atoms with Gasteiger partial charge in [-0.25, -0.2) is 0 Å². The molecule has 0 N–H and O–H groups in total. The summed E-state index contributed by atoms with van der Waals surface area (Å²) in [6.45, 7) is 3.81. The predicted octanol–water partition coefficient (Wildman–Crippen LogP) is 3.00. The van der Waals surface area contributed by atoms with E-state index < -0.39 is 10.8 Å². The van der Waals surface area contributed by atoms with Gasteiger partial charge in [0.25, 0.3) is 0 Å². The quantitative estimate of drug-likeness (QED) is 0.808. The van der Waals surface area contributed by atoms with Gasteiger partial charge in [0.1, 0.15) is 6.10 Å². The smallest absolute Gasteiger partial charge is 0.182 e. The second kappa shape index (κ2) is 7.91. The zero-order valence-corrected chi connectivity index (χ0v) is 16.0. The van der Waals surface area contributed by atoms with Gasteiger partial charge in [0, 0.05) is 46.3 Å². The van der Waals surface area contributed by atoms with Crippen molar-refractivity contribution in [2.24, 2.45) is 0 Å². The van der Waals surface area contributed by atoms with Crippen molar-refractivity contribution in [1.29, 1.82) is 0 Å². The minimum Gasteiger partial charge on any atom is -0.493 e. The minimum absolute atomic E-state index is 0.0127. The summed E-state index contributed by atoms with van der Waals surface area (Å²) >= 11 is 0. The maximum atomic E-state index is 11.6. The Morgan fingerprint density at radius 2 is 1.88 bits per heavy atom. The Bertz CT molecular complexity index is 890. The summed E-state index contributed by atoms with van der Waals surface area (Å²) < 4.78 is 25.0. The maximum absolute atomic E-state index is 11.6. The second-order valence-corrected chi connectivity index (χ2v) is 8.03. The van der Waals surface area contributed by atoms with Gasteiger partial charge in [-0.1, -0.05) is 6.07 Å². The number of methoxy groups -OCH3 is 1. The number of aryl methyl sites for hydroxylation is 2. The van der Waals surface area contributed by atoms with Gasteiger partial charge in [0.05, 0.1) is 12.9 Å². The van der Waals surface area contributed by atoms with Crippen LogP contribution in [0.25, 0.3) is 12.3 Å². The molecular weight excluding hydrogens is 350 g/mol. The fourth-order valence-electron chi connectivity index (χ4n) is 3.06. The molecule has 5 nitrogen and oxygen atoms in total. The van der Waals surface area contributed by atoms with Gasteiger partial charge >= 0.3 is 0 Å². The molecule has 1 aliphatic heterocycles. The second-order valence-electron chi connectivity index (χ2n) is 6.41. The SMILES string of the molecule is COc1ccc(/C=C/n2c(C)cc(=O)cc2C)cc1O[C@H]1CC[S@@](=O)C1. The van der Waals surface area contributed by atoms with Crippen LogP contribution in [0.15, 0.2) is 35.1 Å². The first-order chi connectivity index (χ1) is 12.5. The van der Waals surface area contributed by atoms with E-state index in [2.05, 4.69) is 0 Å². The normalized spacial score (nSPS) is 19.8. The number of nitrogens with zero attached hydrogens (tertiary/aromatic N) is 1. The molecule has 2 atom stereocenters. The molecule has 0 radical (unpaired) electrons. The van der Waals surface area contributed by atoms with Crippen LogP contribution in [-0.2, 0) is 10.8 Å². The maximum Gasteiger partial charge on any atom is 0.182 e. The van der Waals surface area contributed by atoms with Crippen molar-refractivity contribution in [3.05, 3.63) is 57.5 Å². The molecule has 6 heteroatoms. The first-order valence-corrected chi connectivity index (χ1v) is 10.0. The van der Waals surface area contributed by atoms with E-state index in [0.29, 0.717) is 23.0 Å². The number of ether oxygens (including phenoxy) is 2. The highest BCUT2D eigenvalue weighted by molar-refractivity contribution is 7.85. The summed E-state index contributed by atoms with van der Waals surface area (Å²) in [7, 11) is 0.824. The van der Waals surface area contributed by atoms with E-state index in [1.54, 1.807) is 19.2 Å². The summed E-state index contributed by atoms with van der Waals surface area (Å²) in [5.74, 6) is 2.58. The number of benzene rings is 1. The Balaban J connectivity index is 1.85. The number of hydrogen-bond donors (Lipinski definition) is 0. The number of aromatic nitrogens is 1. The largest absolute Gasteiger partial charge is 0.493 e. The highest BCUT2D eigenvalue weighted by Gasteiger charge is 2.23. The van der Waals surface area contributed by atoms with Crippen molar-refractivity contribution >= 4 is 23.1 Å². The molecule has 1 aliphatic rings. The molecule has 1 fully saturated rings. The van der Waals surface area contributed by atoms with Crippen molar-refractivity contribution in [2.45, 2.75) is 26.4 Å². The molecule has 0 saturated carbocycles. The molecule has 0 amide bonds. The van der Waals surface area contributed by atoms with Crippen LogP contribution in [0.3, 0.4) is 0 Å². The summed E-state index contributed by atoms with van der Waals surface area (Å²) in [6, 6.07) is 8.96. The first kappa shape index (κ1) is 18.5. The van der Waals surface area contributed by atoms with Gasteiger partial charge in [0.15, 0.2) is 16.9 Å². The van der Waals surface area contributed by atoms with E-state index in [-0.39, 0.29) is 11.5 Å². The predicted molar refractivity (Wildman–Crippen MR) is 105 cm³/mol. The van der Waals surface area contributed by atoms with Gasteiger partial charge in [-0.2, -0.15) is 0 Å². The van der Waals surface area contributed by atoms with E-state index in [1.807, 2.05) is 48.9 Å². The average molecular weight is 373 g/mol. The Morgan fingerprint density at radius 1 is 1.15 bits per heavy atom. The molecule has 1 saturated heterocycles. The molecule has 1 aromatic carbocycles. The van der Waals surface area contributed by atoms with Crippen molar-refractivity contribution < 1.29 is 13.7 Å². The van der Waals surface area contributed by atoms with E-state index in [0.717, 1.165) is 23.4 Å². The summed E-state index contributed by atoms with van der Waals surface area (Å²) in [6.07, 6.45) is 4.66. The molecule has 3 rings (SSSR count). The fraction of sp³-hybridized carbons (Fsp3) is 0.350. The molecule has 0 bridgehead atoms. The number of hydrogen-bond acceptors (Lipinski definition) is 4. The summed E-state index contributed by atoms with van der Waals surface area (Å²) in [4.78, 5) is 11.6. The Morgan fingerprint density at radius 3 is 2.50 bits per heavy atom. The minimum atomic E-state index is -0.785. The molecule has 0 unspecified atom stereocenters. The Hall–Kier alpha value is -2.34. The molecule has 2 heterocycles. The van der Waals surface area contributed by atoms with Gasteiger partial charge in [-0.15, -0.1) is 0 Å². The number of pyridine rings is 1. The Kier molecular flexibility index (Phi) is 5.61. The van der Waals surface area contributed by atoms with E-state index >= 15 is 0 Å². The van der Waals surface area contributed by atoms with Crippen molar-refractivity contribution in [1.82, 2.24) is 4.57 Å². The lowest BCUT2D eigenvalue weighted by Crippen LogP contribution is -2.16. The molecular formula is C20H23NO4S. The topological polar surface area (TPSA) is 57.5 Å². The third-order valence-electron chi connectivity index (χ3n) is 4.40. The fourth-order valence-corrected chi connectivity index (χ4v) is 4.41. The third-order valence-corrected chi connectivity index (χ3v) is 5.83. The van der Waals surface area contributed by atoms with Crippen LogP contribution in [0.1, 0.15) is 23.4 Å². The highest BCUT2D eigenvalue weighted by Crippen LogP contribution is 2.31. The Labute approximate surface area is 155 Å². The van der Waals surface area contributed by atoms with Crippen LogP contribution in [0.4, 0.5) is 0 Å². The van der Waals surface area contributed by atoms with Crippen LogP contribution in [-0.4, -0.2) is 33.5 Å². The molecule has 26 heavy (non-hydrogen) atoms. The van der Waals surface area contributed by atoms with Crippen LogP contribution in [0.2, 0.25) is 0 Å². The molecule has 2 aromatic rings. The van der Waals surface area contributed by atoms with Crippen LogP contribution < -0.4 is 14.9 Å². The van der Waals surface area contributed by atoms with E-state index in [4.69, 9.17) is 9.47 Å². The van der Waals surface area contributed by atoms with Crippen molar-refractivity contribution in [3.8, 4) is 11.5 Å². The van der Waals surface area contributed by atoms with Crippen LogP contribution in [0.5, 0.6) is 11.5 Å². The van der Waals surface area contributed by atoms with Crippen LogP contribution >= 0.6 is 0 Å². The number of rotatable bonds is 5. The summed E-state index contributed by atoms with van der Waals surface area (Å²) in [5, 5.41) is 0. The molecule has 0 spiro atoms. The average Bonchev–Trinajstić information content (AvgIpc) is 2.99. The van der Waals surface area contributed by atoms with Crippen molar-refractivity contribution in [3.63, 3.8) is 0 Å². The molecule has 1 aromatic heterocycles. The van der Waals surface area contributed by atoms with Gasteiger partial charge < -0.3 is 14.0 Å². The van der Waals surface area contributed by atoms with E-state index in [9.17, 15) is 9.00 Å². The van der Waals surface area contributed by atoms with E-state index in [1.165, 1.54) is 0 Å². The molecule has 0 aliphatic carbocycles. The van der Waals surface area contributed by atoms with Gasteiger partial charge in [-0.3, -0.25) is 9.00 Å². The third kappa shape index (κ3) is 4.25. The lowest BCUT2D eigenvalue weighted by Gasteiger charge is -2.16. The summed E-state index contributed by atoms with van der Waals surface area (Å²) in [5.41, 5.74) is 2.73. The standard InChI is InChI=1S/C20H23NO4S/c1-14-10-17(22)11-15(2)21(14)8-6-16-4-5-19(24-3)20(12-16)25-18-7-9-26(23)13-18/h4-6,8,10-12,18H,7,9,13H2,1-3H3/b8-6+/t18-,26+/m0/s1. The first-order valence-electron chi connectivity index (χ1n) is 8.54. The highest BCUT2D eigenvalue weighted by atomic mass is 32.2. The van der Waals surface area contributed by atoms with Crippen LogP contribution in [0, 0.1) is 13.8 Å². The zero-order chi connectivity index (χ0) is 18.7. The zero-order valence-electron chi connectivity index (χ0n) is 15.2. The monoisotopic (exact) mass is 373 g/mol. The van der Waals surface area contributed by atoms with Gasteiger partial charge in [0.2, 0.25) is 0 Å². The molecule has 138 valence electrons. The lowest BCUT2D eigenvalue weighted by molar-refractivity contribution is 0.218.